The van der Waals surface area contributed by atoms with Gasteiger partial charge in [-0.05, 0) is 23.9 Å². The number of amides is 1. The van der Waals surface area contributed by atoms with Crippen LogP contribution < -0.4 is 5.32 Å². The summed E-state index contributed by atoms with van der Waals surface area (Å²) in [6.07, 6.45) is 0.813. The van der Waals surface area contributed by atoms with E-state index in [0.717, 1.165) is 16.6 Å². The molecule has 0 spiro atoms. The number of hydrogen-bond acceptors (Lipinski definition) is 4. The van der Waals surface area contributed by atoms with E-state index in [9.17, 15) is 4.79 Å². The molecule has 1 atom stereocenters. The summed E-state index contributed by atoms with van der Waals surface area (Å²) in [5, 5.41) is 5.80. The number of carbonyl (C=O) groups is 1. The number of fused-ring (bicyclic) bond motifs is 1. The smallest absolute Gasteiger partial charge is 0.261 e. The molecule has 2 aromatic heterocycles. The largest absolute Gasteiger partial charge is 0.385 e. The molecular weight excluding hydrogens is 334 g/mol. The van der Waals surface area contributed by atoms with Crippen molar-refractivity contribution < 1.29 is 9.53 Å². The SMILES string of the molecule is COCCC(CBr)NC(=O)c1cc2sccc2s1. The molecule has 2 rings (SSSR count). The van der Waals surface area contributed by atoms with Gasteiger partial charge in [0.2, 0.25) is 0 Å². The fourth-order valence-corrected chi connectivity index (χ4v) is 4.08. The fraction of sp³-hybridized carbons (Fsp3) is 0.417. The van der Waals surface area contributed by atoms with Crippen LogP contribution in [0, 0.1) is 0 Å². The average Bonchev–Trinajstić information content (AvgIpc) is 2.94. The molecule has 0 radical (unpaired) electrons. The van der Waals surface area contributed by atoms with Gasteiger partial charge in [-0.15, -0.1) is 22.7 Å². The number of thiophene rings is 2. The third kappa shape index (κ3) is 3.32. The van der Waals surface area contributed by atoms with E-state index in [2.05, 4.69) is 21.2 Å². The van der Waals surface area contributed by atoms with E-state index in [1.165, 1.54) is 9.40 Å². The van der Waals surface area contributed by atoms with Crippen LogP contribution in [0.5, 0.6) is 0 Å². The summed E-state index contributed by atoms with van der Waals surface area (Å²) in [6.45, 7) is 0.649. The molecule has 3 nitrogen and oxygen atoms in total. The predicted octanol–water partition coefficient (Wildman–Crippen LogP) is 3.49. The van der Waals surface area contributed by atoms with Crippen LogP contribution in [0.1, 0.15) is 16.1 Å². The van der Waals surface area contributed by atoms with Gasteiger partial charge in [0.1, 0.15) is 0 Å². The molecule has 2 heterocycles. The van der Waals surface area contributed by atoms with Crippen LogP contribution in [0.2, 0.25) is 0 Å². The van der Waals surface area contributed by atoms with Crippen LogP contribution in [-0.2, 0) is 4.74 Å². The van der Waals surface area contributed by atoms with E-state index in [0.29, 0.717) is 6.61 Å². The maximum Gasteiger partial charge on any atom is 0.261 e. The lowest BCUT2D eigenvalue weighted by Crippen LogP contribution is -2.36. The van der Waals surface area contributed by atoms with Gasteiger partial charge < -0.3 is 10.1 Å². The first kappa shape index (κ1) is 14.0. The van der Waals surface area contributed by atoms with Crippen molar-refractivity contribution >= 4 is 53.9 Å². The number of methoxy groups -OCH3 is 1. The Bertz CT molecular complexity index is 494. The normalized spacial score (nSPS) is 12.8. The summed E-state index contributed by atoms with van der Waals surface area (Å²) in [5.74, 6) is 0.00366. The van der Waals surface area contributed by atoms with Crippen LogP contribution in [0.25, 0.3) is 9.40 Å². The highest BCUT2D eigenvalue weighted by Crippen LogP contribution is 2.29. The van der Waals surface area contributed by atoms with Crippen molar-refractivity contribution in [3.63, 3.8) is 0 Å². The molecule has 0 aromatic carbocycles. The molecule has 0 aliphatic rings. The standard InChI is InChI=1S/C12H14BrNO2S2/c1-16-4-2-8(7-13)14-12(15)11-6-10-9(18-11)3-5-17-10/h3,5-6,8H,2,4,7H2,1H3,(H,14,15). The summed E-state index contributed by atoms with van der Waals surface area (Å²) in [4.78, 5) is 12.9. The van der Waals surface area contributed by atoms with Gasteiger partial charge in [-0.2, -0.15) is 0 Å². The van der Waals surface area contributed by atoms with E-state index in [4.69, 9.17) is 4.74 Å². The Kier molecular flexibility index (Phi) is 5.17. The summed E-state index contributed by atoms with van der Waals surface area (Å²) < 4.78 is 7.39. The second-order valence-corrected chi connectivity index (χ2v) is 6.54. The predicted molar refractivity (Wildman–Crippen MR) is 81.2 cm³/mol. The van der Waals surface area contributed by atoms with Gasteiger partial charge >= 0.3 is 0 Å². The molecule has 0 aliphatic heterocycles. The van der Waals surface area contributed by atoms with Crippen molar-refractivity contribution in [2.24, 2.45) is 0 Å². The number of carbonyl (C=O) groups excluding carboxylic acids is 1. The molecule has 1 amide bonds. The van der Waals surface area contributed by atoms with Crippen molar-refractivity contribution in [1.82, 2.24) is 5.32 Å². The molecule has 1 unspecified atom stereocenters. The Labute approximate surface area is 122 Å². The molecule has 0 saturated heterocycles. The van der Waals surface area contributed by atoms with Gasteiger partial charge in [0, 0.05) is 34.5 Å². The van der Waals surface area contributed by atoms with Gasteiger partial charge in [0.05, 0.1) is 4.88 Å². The Morgan fingerprint density at radius 3 is 3.06 bits per heavy atom. The number of nitrogens with one attached hydrogen (secondary N) is 1. The highest BCUT2D eigenvalue weighted by Gasteiger charge is 2.15. The van der Waals surface area contributed by atoms with E-state index in [1.807, 2.05) is 17.5 Å². The molecule has 98 valence electrons. The van der Waals surface area contributed by atoms with Crippen LogP contribution in [0.4, 0.5) is 0 Å². The van der Waals surface area contributed by atoms with E-state index in [1.54, 1.807) is 29.8 Å². The Morgan fingerprint density at radius 2 is 2.39 bits per heavy atom. The summed E-state index contributed by atoms with van der Waals surface area (Å²) in [7, 11) is 1.67. The minimum atomic E-state index is 0.00366. The number of ether oxygens (including phenoxy) is 1. The van der Waals surface area contributed by atoms with Gasteiger partial charge in [0.25, 0.3) is 5.91 Å². The highest BCUT2D eigenvalue weighted by atomic mass is 79.9. The molecule has 1 N–H and O–H groups in total. The number of hydrogen-bond donors (Lipinski definition) is 1. The number of halogens is 1. The topological polar surface area (TPSA) is 38.3 Å². The van der Waals surface area contributed by atoms with Crippen LogP contribution in [0.15, 0.2) is 17.5 Å². The lowest BCUT2D eigenvalue weighted by Gasteiger charge is -2.14. The van der Waals surface area contributed by atoms with Gasteiger partial charge in [0.15, 0.2) is 0 Å². The number of alkyl halides is 1. The molecule has 0 bridgehead atoms. The number of rotatable bonds is 6. The Balaban J connectivity index is 2.00. The fourth-order valence-electron chi connectivity index (χ4n) is 1.58. The summed E-state index contributed by atoms with van der Waals surface area (Å²) in [5.41, 5.74) is 0. The second-order valence-electron chi connectivity index (χ2n) is 3.87. The maximum atomic E-state index is 12.1. The zero-order chi connectivity index (χ0) is 13.0. The monoisotopic (exact) mass is 347 g/mol. The molecule has 0 saturated carbocycles. The van der Waals surface area contributed by atoms with Crippen molar-refractivity contribution in [2.75, 3.05) is 19.0 Å². The third-order valence-corrected chi connectivity index (χ3v) is 5.43. The minimum absolute atomic E-state index is 0.00366. The zero-order valence-electron chi connectivity index (χ0n) is 9.94. The van der Waals surface area contributed by atoms with Crippen molar-refractivity contribution in [1.29, 1.82) is 0 Å². The van der Waals surface area contributed by atoms with Crippen molar-refractivity contribution in [2.45, 2.75) is 12.5 Å². The molecule has 0 fully saturated rings. The first-order valence-corrected chi connectivity index (χ1v) is 8.39. The zero-order valence-corrected chi connectivity index (χ0v) is 13.2. The van der Waals surface area contributed by atoms with E-state index < -0.39 is 0 Å². The summed E-state index contributed by atoms with van der Waals surface area (Å²) in [6, 6.07) is 4.12. The van der Waals surface area contributed by atoms with Crippen LogP contribution >= 0.6 is 38.6 Å². The Hall–Kier alpha value is -0.430. The second kappa shape index (κ2) is 6.65. The van der Waals surface area contributed by atoms with Crippen LogP contribution in [-0.4, -0.2) is 31.0 Å². The first-order valence-electron chi connectivity index (χ1n) is 5.57. The molecule has 18 heavy (non-hydrogen) atoms. The average molecular weight is 348 g/mol. The lowest BCUT2D eigenvalue weighted by molar-refractivity contribution is 0.0935. The van der Waals surface area contributed by atoms with Crippen molar-refractivity contribution in [3.8, 4) is 0 Å². The maximum absolute atomic E-state index is 12.1. The quantitative estimate of drug-likeness (QED) is 0.812. The minimum Gasteiger partial charge on any atom is -0.385 e. The molecule has 6 heteroatoms. The highest BCUT2D eigenvalue weighted by molar-refractivity contribution is 9.09. The molecular formula is C12H14BrNO2S2. The van der Waals surface area contributed by atoms with Gasteiger partial charge in [-0.1, -0.05) is 15.9 Å². The van der Waals surface area contributed by atoms with E-state index in [-0.39, 0.29) is 11.9 Å². The van der Waals surface area contributed by atoms with Gasteiger partial charge in [-0.25, -0.2) is 0 Å². The van der Waals surface area contributed by atoms with Crippen molar-refractivity contribution in [3.05, 3.63) is 22.4 Å². The molecule has 2 aromatic rings. The van der Waals surface area contributed by atoms with Gasteiger partial charge in [-0.3, -0.25) is 4.79 Å². The molecule has 0 aliphatic carbocycles. The van der Waals surface area contributed by atoms with E-state index >= 15 is 0 Å². The Morgan fingerprint density at radius 1 is 1.56 bits per heavy atom. The first-order chi connectivity index (χ1) is 8.74. The summed E-state index contributed by atoms with van der Waals surface area (Å²) >= 11 is 6.61. The third-order valence-electron chi connectivity index (χ3n) is 2.56. The lowest BCUT2D eigenvalue weighted by atomic mass is 10.2. The van der Waals surface area contributed by atoms with Crippen LogP contribution in [0.3, 0.4) is 0 Å².